The van der Waals surface area contributed by atoms with E-state index in [0.717, 1.165) is 6.42 Å². The average Bonchev–Trinajstić information content (AvgIpc) is 2.22. The normalized spacial score (nSPS) is 13.3. The van der Waals surface area contributed by atoms with Gasteiger partial charge < -0.3 is 0 Å². The summed E-state index contributed by atoms with van der Waals surface area (Å²) in [6.45, 7) is 4.00. The molecule has 1 heterocycles. The highest BCUT2D eigenvalue weighted by atomic mass is 32.2. The Labute approximate surface area is 91.1 Å². The minimum Gasteiger partial charge on any atom is -0.125 e. The van der Waals surface area contributed by atoms with Gasteiger partial charge >= 0.3 is 0 Å². The van der Waals surface area contributed by atoms with Crippen LogP contribution in [0.25, 0.3) is 0 Å². The summed E-state index contributed by atoms with van der Waals surface area (Å²) in [4.78, 5) is 1.34. The van der Waals surface area contributed by atoms with Gasteiger partial charge in [-0.3, -0.25) is 0 Å². The SMILES string of the molecule is C1#Cc2ccccc2SCCC1.CC. The number of rotatable bonds is 0. The fourth-order valence-electron chi connectivity index (χ4n) is 1.20. The largest absolute Gasteiger partial charge is 0.125 e. The van der Waals surface area contributed by atoms with Gasteiger partial charge in [-0.2, -0.15) is 0 Å². The molecule has 0 amide bonds. The molecule has 0 bridgehead atoms. The van der Waals surface area contributed by atoms with Crippen molar-refractivity contribution in [2.45, 2.75) is 31.6 Å². The van der Waals surface area contributed by atoms with Gasteiger partial charge in [0.1, 0.15) is 0 Å². The molecule has 0 aliphatic carbocycles. The van der Waals surface area contributed by atoms with E-state index in [1.807, 2.05) is 25.6 Å². The third-order valence-electron chi connectivity index (χ3n) is 1.81. The summed E-state index contributed by atoms with van der Waals surface area (Å²) in [5, 5.41) is 0. The van der Waals surface area contributed by atoms with Crippen LogP contribution in [0.15, 0.2) is 29.2 Å². The maximum absolute atomic E-state index is 3.19. The molecule has 1 aromatic carbocycles. The average molecular weight is 204 g/mol. The van der Waals surface area contributed by atoms with Crippen LogP contribution in [-0.4, -0.2) is 5.75 Å². The van der Waals surface area contributed by atoms with Crippen LogP contribution in [0.4, 0.5) is 0 Å². The topological polar surface area (TPSA) is 0 Å². The zero-order valence-corrected chi connectivity index (χ0v) is 9.66. The van der Waals surface area contributed by atoms with E-state index >= 15 is 0 Å². The van der Waals surface area contributed by atoms with Gasteiger partial charge in [0, 0.05) is 16.9 Å². The van der Waals surface area contributed by atoms with Crippen LogP contribution in [0, 0.1) is 11.8 Å². The second-order valence-electron chi connectivity index (χ2n) is 2.75. The Balaban J connectivity index is 0.000000461. The highest BCUT2D eigenvalue weighted by molar-refractivity contribution is 7.99. The maximum Gasteiger partial charge on any atom is 0.0381 e. The Hall–Kier alpha value is -0.870. The van der Waals surface area contributed by atoms with Crippen molar-refractivity contribution in [2.75, 3.05) is 5.75 Å². The first kappa shape index (κ1) is 11.2. The van der Waals surface area contributed by atoms with E-state index in [1.54, 1.807) is 0 Å². The molecule has 1 aliphatic heterocycles. The minimum absolute atomic E-state index is 1.04. The highest BCUT2D eigenvalue weighted by Crippen LogP contribution is 2.24. The van der Waals surface area contributed by atoms with Crippen LogP contribution in [0.1, 0.15) is 32.3 Å². The molecule has 1 aliphatic rings. The van der Waals surface area contributed by atoms with Gasteiger partial charge in [-0.1, -0.05) is 37.8 Å². The molecule has 0 radical (unpaired) electrons. The second kappa shape index (κ2) is 6.56. The van der Waals surface area contributed by atoms with Crippen LogP contribution in [0.3, 0.4) is 0 Å². The number of fused-ring (bicyclic) bond motifs is 1. The Morgan fingerprint density at radius 3 is 2.86 bits per heavy atom. The Morgan fingerprint density at radius 2 is 2.00 bits per heavy atom. The summed E-state index contributed by atoms with van der Waals surface area (Å²) in [6, 6.07) is 8.38. The molecule has 2 rings (SSSR count). The number of benzene rings is 1. The molecule has 0 unspecified atom stereocenters. The Kier molecular flexibility index (Phi) is 5.25. The van der Waals surface area contributed by atoms with Gasteiger partial charge in [0.2, 0.25) is 0 Å². The first-order valence-corrected chi connectivity index (χ1v) is 6.16. The lowest BCUT2D eigenvalue weighted by Gasteiger charge is -2.05. The van der Waals surface area contributed by atoms with E-state index in [2.05, 4.69) is 36.1 Å². The monoisotopic (exact) mass is 204 g/mol. The van der Waals surface area contributed by atoms with E-state index in [4.69, 9.17) is 0 Å². The van der Waals surface area contributed by atoms with Crippen molar-refractivity contribution >= 4 is 11.8 Å². The smallest absolute Gasteiger partial charge is 0.0381 e. The van der Waals surface area contributed by atoms with Crippen LogP contribution in [0.5, 0.6) is 0 Å². The predicted molar refractivity (Wildman–Crippen MR) is 64.6 cm³/mol. The fraction of sp³-hybridized carbons (Fsp3) is 0.385. The Morgan fingerprint density at radius 1 is 1.21 bits per heavy atom. The fourth-order valence-corrected chi connectivity index (χ4v) is 2.15. The van der Waals surface area contributed by atoms with E-state index in [1.165, 1.54) is 22.6 Å². The van der Waals surface area contributed by atoms with Gasteiger partial charge in [0.15, 0.2) is 0 Å². The summed E-state index contributed by atoms with van der Waals surface area (Å²) in [7, 11) is 0. The molecule has 1 aromatic rings. The van der Waals surface area contributed by atoms with Gasteiger partial charge in [-0.15, -0.1) is 11.8 Å². The van der Waals surface area contributed by atoms with Gasteiger partial charge in [0.05, 0.1) is 0 Å². The molecule has 0 N–H and O–H groups in total. The summed E-state index contributed by atoms with van der Waals surface area (Å²) in [5.41, 5.74) is 1.20. The summed E-state index contributed by atoms with van der Waals surface area (Å²) < 4.78 is 0. The lowest BCUT2D eigenvalue weighted by atomic mass is 10.2. The summed E-state index contributed by atoms with van der Waals surface area (Å²) in [5.74, 6) is 7.57. The standard InChI is InChI=1S/C11H10S.C2H6/c1-2-6-10-7-3-4-8-11(10)12-9-5-1;1-2/h3-4,7-8H,1,5,9H2;1-2H3. The molecular weight excluding hydrogens is 188 g/mol. The van der Waals surface area contributed by atoms with Crippen LogP contribution in [-0.2, 0) is 0 Å². The lowest BCUT2D eigenvalue weighted by molar-refractivity contribution is 0.993. The zero-order valence-electron chi connectivity index (χ0n) is 8.84. The molecule has 0 spiro atoms. The molecule has 0 fully saturated rings. The third-order valence-corrected chi connectivity index (χ3v) is 2.97. The van der Waals surface area contributed by atoms with Crippen molar-refractivity contribution in [2.24, 2.45) is 0 Å². The number of hydrogen-bond acceptors (Lipinski definition) is 1. The number of thioether (sulfide) groups is 1. The Bertz CT molecular complexity index is 331. The van der Waals surface area contributed by atoms with Crippen molar-refractivity contribution in [3.05, 3.63) is 29.8 Å². The predicted octanol–water partition coefficient (Wildman–Crippen LogP) is 3.95. The van der Waals surface area contributed by atoms with E-state index in [9.17, 15) is 0 Å². The molecule has 0 atom stereocenters. The van der Waals surface area contributed by atoms with Gasteiger partial charge in [0.25, 0.3) is 0 Å². The molecule has 1 heteroatoms. The molecule has 0 nitrogen and oxygen atoms in total. The quantitative estimate of drug-likeness (QED) is 0.577. The third kappa shape index (κ3) is 3.12. The summed E-state index contributed by atoms with van der Waals surface area (Å²) >= 11 is 1.92. The van der Waals surface area contributed by atoms with Crippen LogP contribution in [0.2, 0.25) is 0 Å². The zero-order chi connectivity index (χ0) is 10.2. The minimum atomic E-state index is 1.04. The molecule has 0 saturated carbocycles. The van der Waals surface area contributed by atoms with Crippen molar-refractivity contribution in [1.29, 1.82) is 0 Å². The molecular formula is C13H16S. The van der Waals surface area contributed by atoms with Crippen LogP contribution < -0.4 is 0 Å². The van der Waals surface area contributed by atoms with Crippen LogP contribution >= 0.6 is 11.8 Å². The van der Waals surface area contributed by atoms with Crippen molar-refractivity contribution in [3.8, 4) is 11.8 Å². The van der Waals surface area contributed by atoms with E-state index in [0.29, 0.717) is 0 Å². The molecule has 74 valence electrons. The van der Waals surface area contributed by atoms with Gasteiger partial charge in [-0.25, -0.2) is 0 Å². The lowest BCUT2D eigenvalue weighted by Crippen LogP contribution is -1.87. The second-order valence-corrected chi connectivity index (χ2v) is 3.89. The van der Waals surface area contributed by atoms with Gasteiger partial charge in [-0.05, 0) is 24.3 Å². The first-order valence-electron chi connectivity index (χ1n) is 5.17. The summed E-state index contributed by atoms with van der Waals surface area (Å²) in [6.07, 6.45) is 2.26. The van der Waals surface area contributed by atoms with E-state index in [-0.39, 0.29) is 0 Å². The number of hydrogen-bond donors (Lipinski definition) is 0. The first-order chi connectivity index (χ1) is 6.97. The maximum atomic E-state index is 3.19. The van der Waals surface area contributed by atoms with E-state index < -0.39 is 0 Å². The van der Waals surface area contributed by atoms with Crippen molar-refractivity contribution in [1.82, 2.24) is 0 Å². The van der Waals surface area contributed by atoms with Crippen molar-refractivity contribution in [3.63, 3.8) is 0 Å². The van der Waals surface area contributed by atoms with Crippen molar-refractivity contribution < 1.29 is 0 Å². The highest BCUT2D eigenvalue weighted by Gasteiger charge is 2.00. The molecule has 14 heavy (non-hydrogen) atoms. The molecule has 0 saturated heterocycles. The molecule has 0 aromatic heterocycles.